The molecule has 1 unspecified atom stereocenters. The van der Waals surface area contributed by atoms with Gasteiger partial charge in [0.15, 0.2) is 0 Å². The largest absolute Gasteiger partial charge is 0.416 e. The Balaban J connectivity index is 1.73. The molecule has 28 heavy (non-hydrogen) atoms. The average Bonchev–Trinajstić information content (AvgIpc) is 3.32. The lowest BCUT2D eigenvalue weighted by molar-refractivity contribution is -0.137. The van der Waals surface area contributed by atoms with E-state index in [0.717, 1.165) is 24.1 Å². The Kier molecular flexibility index (Phi) is 4.41. The first-order valence-corrected chi connectivity index (χ1v) is 8.80. The average molecular weight is 386 g/mol. The fraction of sp³-hybridized carbons (Fsp3) is 0.250. The van der Waals surface area contributed by atoms with Gasteiger partial charge in [-0.05, 0) is 36.8 Å². The van der Waals surface area contributed by atoms with Crippen LogP contribution in [0.2, 0.25) is 0 Å². The minimum Gasteiger partial charge on any atom is -0.337 e. The van der Waals surface area contributed by atoms with Gasteiger partial charge in [0.2, 0.25) is 5.91 Å². The van der Waals surface area contributed by atoms with Gasteiger partial charge in [-0.25, -0.2) is 0 Å². The SMILES string of the molecule is C=CC(=O)N1CCC(n2nc(-c3ccc(C(F)(F)F)cc3)c3ncccc32)C1. The number of pyridine rings is 1. The third-order valence-electron chi connectivity index (χ3n) is 4.95. The molecule has 5 nitrogen and oxygen atoms in total. The number of amides is 1. The van der Waals surface area contributed by atoms with E-state index in [1.54, 1.807) is 17.2 Å². The molecule has 1 atom stereocenters. The number of carbonyl (C=O) groups excluding carboxylic acids is 1. The number of fused-ring (bicyclic) bond motifs is 1. The van der Waals surface area contributed by atoms with Gasteiger partial charge in [0.1, 0.15) is 11.2 Å². The molecule has 8 heteroatoms. The lowest BCUT2D eigenvalue weighted by Crippen LogP contribution is -2.27. The summed E-state index contributed by atoms with van der Waals surface area (Å²) in [5, 5.41) is 4.66. The van der Waals surface area contributed by atoms with Crippen molar-refractivity contribution in [1.82, 2.24) is 19.7 Å². The summed E-state index contributed by atoms with van der Waals surface area (Å²) in [6.07, 6.45) is -0.732. The number of likely N-dealkylation sites (tertiary alicyclic amines) is 1. The van der Waals surface area contributed by atoms with Crippen LogP contribution in [0.4, 0.5) is 13.2 Å². The number of hydrogen-bond donors (Lipinski definition) is 0. The van der Waals surface area contributed by atoms with E-state index in [4.69, 9.17) is 0 Å². The van der Waals surface area contributed by atoms with E-state index in [-0.39, 0.29) is 11.9 Å². The quantitative estimate of drug-likeness (QED) is 0.638. The van der Waals surface area contributed by atoms with Gasteiger partial charge in [-0.1, -0.05) is 18.7 Å². The van der Waals surface area contributed by atoms with E-state index in [1.807, 2.05) is 10.7 Å². The Labute approximate surface area is 159 Å². The van der Waals surface area contributed by atoms with Crippen LogP contribution in [0.25, 0.3) is 22.3 Å². The maximum atomic E-state index is 12.8. The number of rotatable bonds is 3. The molecule has 3 aromatic rings. The maximum Gasteiger partial charge on any atom is 0.416 e. The van der Waals surface area contributed by atoms with E-state index >= 15 is 0 Å². The zero-order valence-corrected chi connectivity index (χ0v) is 14.9. The number of nitrogens with zero attached hydrogens (tertiary/aromatic N) is 4. The van der Waals surface area contributed by atoms with Gasteiger partial charge in [-0.15, -0.1) is 0 Å². The Morgan fingerprint density at radius 3 is 2.64 bits per heavy atom. The van der Waals surface area contributed by atoms with Crippen LogP contribution in [-0.2, 0) is 11.0 Å². The highest BCUT2D eigenvalue weighted by molar-refractivity contribution is 5.90. The van der Waals surface area contributed by atoms with Crippen LogP contribution in [-0.4, -0.2) is 38.7 Å². The highest BCUT2D eigenvalue weighted by Gasteiger charge is 2.31. The number of carbonyl (C=O) groups is 1. The summed E-state index contributed by atoms with van der Waals surface area (Å²) in [6, 6.07) is 8.54. The first-order chi connectivity index (χ1) is 13.4. The van der Waals surface area contributed by atoms with Crippen LogP contribution in [0, 0.1) is 0 Å². The Morgan fingerprint density at radius 2 is 1.96 bits per heavy atom. The van der Waals surface area contributed by atoms with E-state index in [2.05, 4.69) is 16.7 Å². The van der Waals surface area contributed by atoms with Gasteiger partial charge < -0.3 is 4.90 Å². The van der Waals surface area contributed by atoms with Gasteiger partial charge in [-0.2, -0.15) is 18.3 Å². The summed E-state index contributed by atoms with van der Waals surface area (Å²) in [5.74, 6) is -0.125. The maximum absolute atomic E-state index is 12.8. The molecule has 1 aromatic carbocycles. The Morgan fingerprint density at radius 1 is 1.21 bits per heavy atom. The first-order valence-electron chi connectivity index (χ1n) is 8.80. The Bertz CT molecular complexity index is 1040. The standard InChI is InChI=1S/C20H17F3N4O/c1-2-17(28)26-11-9-15(12-26)27-16-4-3-10-24-19(16)18(25-27)13-5-7-14(8-6-13)20(21,22)23/h2-8,10,15H,1,9,11-12H2. The van der Waals surface area contributed by atoms with Crippen LogP contribution in [0.3, 0.4) is 0 Å². The van der Waals surface area contributed by atoms with Gasteiger partial charge >= 0.3 is 6.18 Å². The predicted octanol–water partition coefficient (Wildman–Crippen LogP) is 4.08. The van der Waals surface area contributed by atoms with Crippen molar-refractivity contribution in [1.29, 1.82) is 0 Å². The highest BCUT2D eigenvalue weighted by atomic mass is 19.4. The second-order valence-corrected chi connectivity index (χ2v) is 6.67. The predicted molar refractivity (Wildman–Crippen MR) is 98.4 cm³/mol. The molecule has 1 amide bonds. The third kappa shape index (κ3) is 3.15. The molecule has 1 aliphatic rings. The molecular formula is C20H17F3N4O. The molecule has 1 aliphatic heterocycles. The minimum atomic E-state index is -4.39. The van der Waals surface area contributed by atoms with Crippen molar-refractivity contribution in [3.63, 3.8) is 0 Å². The second-order valence-electron chi connectivity index (χ2n) is 6.67. The number of hydrogen-bond acceptors (Lipinski definition) is 3. The van der Waals surface area contributed by atoms with Crippen LogP contribution < -0.4 is 0 Å². The zero-order chi connectivity index (χ0) is 19.9. The van der Waals surface area contributed by atoms with Crippen LogP contribution in [0.15, 0.2) is 55.3 Å². The van der Waals surface area contributed by atoms with E-state index < -0.39 is 11.7 Å². The van der Waals surface area contributed by atoms with Crippen molar-refractivity contribution >= 4 is 16.9 Å². The summed E-state index contributed by atoms with van der Waals surface area (Å²) >= 11 is 0. The molecule has 3 heterocycles. The van der Waals surface area contributed by atoms with Gasteiger partial charge in [0.05, 0.1) is 17.1 Å². The zero-order valence-electron chi connectivity index (χ0n) is 14.9. The molecule has 2 aromatic heterocycles. The summed E-state index contributed by atoms with van der Waals surface area (Å²) in [7, 11) is 0. The minimum absolute atomic E-state index is 0.0289. The fourth-order valence-electron chi connectivity index (χ4n) is 3.53. The second kappa shape index (κ2) is 6.78. The smallest absolute Gasteiger partial charge is 0.337 e. The van der Waals surface area contributed by atoms with Crippen molar-refractivity contribution in [3.8, 4) is 11.3 Å². The van der Waals surface area contributed by atoms with Crippen molar-refractivity contribution in [2.24, 2.45) is 0 Å². The van der Waals surface area contributed by atoms with Crippen molar-refractivity contribution in [2.75, 3.05) is 13.1 Å². The van der Waals surface area contributed by atoms with Crippen LogP contribution in [0.1, 0.15) is 18.0 Å². The molecule has 0 radical (unpaired) electrons. The molecule has 144 valence electrons. The fourth-order valence-corrected chi connectivity index (χ4v) is 3.53. The van der Waals surface area contributed by atoms with Crippen molar-refractivity contribution in [3.05, 3.63) is 60.8 Å². The van der Waals surface area contributed by atoms with Gasteiger partial charge in [0.25, 0.3) is 0 Å². The monoisotopic (exact) mass is 386 g/mol. The summed E-state index contributed by atoms with van der Waals surface area (Å²) in [5.41, 5.74) is 1.79. The molecule has 1 fully saturated rings. The normalized spacial score (nSPS) is 17.2. The van der Waals surface area contributed by atoms with Gasteiger partial charge in [0, 0.05) is 24.8 Å². The third-order valence-corrected chi connectivity index (χ3v) is 4.95. The lowest BCUT2D eigenvalue weighted by atomic mass is 10.1. The summed E-state index contributed by atoms with van der Waals surface area (Å²) < 4.78 is 40.4. The summed E-state index contributed by atoms with van der Waals surface area (Å²) in [6.45, 7) is 4.62. The highest BCUT2D eigenvalue weighted by Crippen LogP contribution is 2.34. The molecule has 0 spiro atoms. The van der Waals surface area contributed by atoms with E-state index in [0.29, 0.717) is 29.9 Å². The molecule has 1 saturated heterocycles. The molecule has 4 rings (SSSR count). The Hall–Kier alpha value is -3.16. The lowest BCUT2D eigenvalue weighted by Gasteiger charge is -2.15. The molecular weight excluding hydrogens is 369 g/mol. The number of halogens is 3. The van der Waals surface area contributed by atoms with Gasteiger partial charge in [-0.3, -0.25) is 14.5 Å². The number of alkyl halides is 3. The number of benzene rings is 1. The molecule has 0 aliphatic carbocycles. The molecule has 0 bridgehead atoms. The van der Waals surface area contributed by atoms with E-state index in [1.165, 1.54) is 18.2 Å². The molecule has 0 saturated carbocycles. The number of aromatic nitrogens is 3. The van der Waals surface area contributed by atoms with Crippen molar-refractivity contribution in [2.45, 2.75) is 18.6 Å². The summed E-state index contributed by atoms with van der Waals surface area (Å²) in [4.78, 5) is 18.0. The molecule has 0 N–H and O–H groups in total. The van der Waals surface area contributed by atoms with Crippen LogP contribution in [0.5, 0.6) is 0 Å². The van der Waals surface area contributed by atoms with E-state index in [9.17, 15) is 18.0 Å². The van der Waals surface area contributed by atoms with Crippen molar-refractivity contribution < 1.29 is 18.0 Å². The first kappa shape index (κ1) is 18.2. The van der Waals surface area contributed by atoms with Crippen LogP contribution >= 0.6 is 0 Å². The topological polar surface area (TPSA) is 51.0 Å².